The van der Waals surface area contributed by atoms with Crippen molar-refractivity contribution in [3.63, 3.8) is 0 Å². The third-order valence-corrected chi connectivity index (χ3v) is 22.2. The minimum atomic E-state index is 0.462. The van der Waals surface area contributed by atoms with Gasteiger partial charge in [0.05, 0.1) is 0 Å². The highest BCUT2D eigenvalue weighted by Gasteiger charge is 2.59. The number of aromatic nitrogens is 4. The van der Waals surface area contributed by atoms with Crippen molar-refractivity contribution in [1.29, 1.82) is 5.26 Å². The minimum Gasteiger partial charge on any atom is -0.381 e. The molecule has 66 heavy (non-hydrogen) atoms. The number of ether oxygens (including phenoxy) is 2. The van der Waals surface area contributed by atoms with Gasteiger partial charge in [-0.1, -0.05) is 45.4 Å². The smallest absolute Gasteiger partial charge is 0.333 e. The van der Waals surface area contributed by atoms with E-state index in [1.807, 2.05) is 12.3 Å². The molecule has 8 heteroatoms. The summed E-state index contributed by atoms with van der Waals surface area (Å²) >= 11 is 0. The van der Waals surface area contributed by atoms with Gasteiger partial charge >= 0.3 is 6.07 Å². The Bertz CT molecular complexity index is 2020. The molecule has 8 nitrogen and oxygen atoms in total. The van der Waals surface area contributed by atoms with E-state index in [0.29, 0.717) is 47.4 Å². The van der Waals surface area contributed by atoms with E-state index in [-0.39, 0.29) is 0 Å². The molecule has 0 aromatic carbocycles. The third kappa shape index (κ3) is 9.13. The van der Waals surface area contributed by atoms with Crippen molar-refractivity contribution in [2.45, 2.75) is 176 Å². The molecule has 0 spiro atoms. The first kappa shape index (κ1) is 47.0. The Labute approximate surface area is 400 Å². The number of nitriles is 1. The molecule has 2 aromatic rings. The lowest BCUT2D eigenvalue weighted by molar-refractivity contribution is -0.0797. The van der Waals surface area contributed by atoms with Crippen LogP contribution in [-0.2, 0) is 22.6 Å². The van der Waals surface area contributed by atoms with E-state index < -0.39 is 0 Å². The molecule has 0 bridgehead atoms. The standard InChI is InChI=1S/C58H89N6O2/c1-6-41(35-63-28-23-45(33-59)61-63)53-17-19-55-52-16-12-44-32-40(10-14-48(44)50(52)22-25-57(53,55)4)38-66-30-27-60-34-46-24-29-64(62-46)36-42(7-2)54-18-20-56-51-15-11-43-31-39(37-65-8-3)9-13-47(43)49(51)21-26-58(54,56)5/h23-24,28-29,39-44,47-56H,6-22,25-27,30-32,35-38H2,1-5H3/q+1/t39-,40-,41+,42-,43+,44+,47-,48-,49?,50?,51+,52+,53?,54?,55?,56?,57+,58+/m0/s1. The fraction of sp³-hybridized carbons (Fsp3) is 0.862. The van der Waals surface area contributed by atoms with E-state index in [1.54, 1.807) is 0 Å². The Hall–Kier alpha value is -2.68. The van der Waals surface area contributed by atoms with Gasteiger partial charge in [-0.15, -0.1) is 0 Å². The zero-order valence-electron chi connectivity index (χ0n) is 42.1. The van der Waals surface area contributed by atoms with Gasteiger partial charge in [0.25, 0.3) is 6.54 Å². The predicted octanol–water partition coefficient (Wildman–Crippen LogP) is 13.2. The molecule has 2 aromatic heterocycles. The SMILES string of the molecule is CCOC[C@H]1CC[C@@H]2C3CC[C@]4(C)C([C@@H](CC)Cn5ccc(C#[N+]CCOC[C@H]6CC[C@@H]7C8CC[C@]9(C)C([C@H](CC)Cn%10ccc(C#N)n%10)CCC9[C@@H]8CC[C@@H]7C6)n5)CCC4[C@@H]3CC[C@@H]2C1. The van der Waals surface area contributed by atoms with E-state index in [1.165, 1.54) is 128 Å². The first-order valence-electron chi connectivity index (χ1n) is 28.3. The van der Waals surface area contributed by atoms with Gasteiger partial charge < -0.3 is 9.47 Å². The lowest BCUT2D eigenvalue weighted by Crippen LogP contribution is -2.49. The molecule has 0 aliphatic heterocycles. The highest BCUT2D eigenvalue weighted by Crippen LogP contribution is 2.67. The molecule has 0 N–H and O–H groups in total. The molecule has 0 saturated heterocycles. The van der Waals surface area contributed by atoms with E-state index in [9.17, 15) is 5.26 Å². The molecule has 8 aliphatic carbocycles. The van der Waals surface area contributed by atoms with Crippen molar-refractivity contribution >= 4 is 0 Å². The summed E-state index contributed by atoms with van der Waals surface area (Å²) in [4.78, 5) is 4.68. The fourth-order valence-electron chi connectivity index (χ4n) is 19.2. The summed E-state index contributed by atoms with van der Waals surface area (Å²) < 4.78 is 16.5. The Balaban J connectivity index is 0.652. The van der Waals surface area contributed by atoms with Gasteiger partial charge in [-0.3, -0.25) is 9.36 Å². The van der Waals surface area contributed by atoms with Crippen molar-refractivity contribution in [2.24, 2.45) is 106 Å². The summed E-state index contributed by atoms with van der Waals surface area (Å²) in [6.45, 7) is 18.5. The summed E-state index contributed by atoms with van der Waals surface area (Å²) in [7, 11) is 0. The zero-order chi connectivity index (χ0) is 45.4. The molecular formula is C58H89N6O2+. The minimum absolute atomic E-state index is 0.462. The van der Waals surface area contributed by atoms with Gasteiger partial charge in [-0.25, -0.2) is 0 Å². The van der Waals surface area contributed by atoms with Crippen LogP contribution in [0.1, 0.15) is 174 Å². The van der Waals surface area contributed by atoms with Crippen molar-refractivity contribution in [3.05, 3.63) is 40.8 Å². The zero-order valence-corrected chi connectivity index (χ0v) is 42.1. The Kier molecular flexibility index (Phi) is 14.5. The second kappa shape index (κ2) is 20.3. The van der Waals surface area contributed by atoms with Crippen molar-refractivity contribution in [3.8, 4) is 12.1 Å². The van der Waals surface area contributed by atoms with Crippen molar-refractivity contribution in [1.82, 2.24) is 19.6 Å². The van der Waals surface area contributed by atoms with Crippen LogP contribution < -0.4 is 0 Å². The number of hydrogen-bond acceptors (Lipinski definition) is 5. The maximum absolute atomic E-state index is 9.33. The number of hydrogen-bond donors (Lipinski definition) is 0. The van der Waals surface area contributed by atoms with Crippen LogP contribution in [0, 0.1) is 123 Å². The summed E-state index contributed by atoms with van der Waals surface area (Å²) in [6, 6.07) is 9.49. The summed E-state index contributed by atoms with van der Waals surface area (Å²) in [5, 5.41) is 18.9. The summed E-state index contributed by atoms with van der Waals surface area (Å²) in [6.07, 6.45) is 32.4. The van der Waals surface area contributed by atoms with Crippen LogP contribution in [0.4, 0.5) is 0 Å². The largest absolute Gasteiger partial charge is 0.381 e. The number of fused-ring (bicyclic) bond motifs is 10. The van der Waals surface area contributed by atoms with E-state index >= 15 is 0 Å². The topological polar surface area (TPSA) is 82.2 Å². The second-order valence-corrected chi connectivity index (χ2v) is 24.7. The second-order valence-electron chi connectivity index (χ2n) is 24.7. The molecule has 362 valence electrons. The fourth-order valence-corrected chi connectivity index (χ4v) is 19.2. The lowest BCUT2D eigenvalue weighted by atomic mass is 9.48. The van der Waals surface area contributed by atoms with Gasteiger partial charge in [0.1, 0.15) is 12.7 Å². The van der Waals surface area contributed by atoms with Crippen molar-refractivity contribution in [2.75, 3.05) is 33.0 Å². The Morgan fingerprint density at radius 1 is 0.636 bits per heavy atom. The van der Waals surface area contributed by atoms with Gasteiger partial charge in [0.2, 0.25) is 5.69 Å². The molecule has 6 unspecified atom stereocenters. The lowest BCUT2D eigenvalue weighted by Gasteiger charge is -2.57. The average molecular weight is 902 g/mol. The highest BCUT2D eigenvalue weighted by molar-refractivity contribution is 5.21. The summed E-state index contributed by atoms with van der Waals surface area (Å²) in [5.74, 6) is 13.9. The van der Waals surface area contributed by atoms with Crippen LogP contribution >= 0.6 is 0 Å². The molecule has 8 saturated carbocycles. The predicted molar refractivity (Wildman–Crippen MR) is 263 cm³/mol. The monoisotopic (exact) mass is 902 g/mol. The quantitative estimate of drug-likeness (QED) is 0.166. The van der Waals surface area contributed by atoms with Crippen LogP contribution in [0.5, 0.6) is 0 Å². The van der Waals surface area contributed by atoms with Crippen LogP contribution in [0.3, 0.4) is 0 Å². The molecule has 2 heterocycles. The molecule has 10 rings (SSSR count). The average Bonchev–Trinajstić information content (AvgIpc) is 4.15. The van der Waals surface area contributed by atoms with E-state index in [0.717, 1.165) is 116 Å². The molecule has 18 atom stereocenters. The highest BCUT2D eigenvalue weighted by atomic mass is 16.5. The number of nitrogens with zero attached hydrogens (tertiary/aromatic N) is 6. The van der Waals surface area contributed by atoms with E-state index in [2.05, 4.69) is 78.3 Å². The Morgan fingerprint density at radius 2 is 1.15 bits per heavy atom. The molecule has 0 amide bonds. The molecule has 8 fully saturated rings. The molecular weight excluding hydrogens is 813 g/mol. The van der Waals surface area contributed by atoms with Gasteiger partial charge in [0.15, 0.2) is 5.69 Å². The third-order valence-electron chi connectivity index (χ3n) is 22.2. The Morgan fingerprint density at radius 3 is 1.67 bits per heavy atom. The van der Waals surface area contributed by atoms with Crippen LogP contribution in [-0.4, -0.2) is 52.5 Å². The number of rotatable bonds is 15. The van der Waals surface area contributed by atoms with Crippen LogP contribution in [0.2, 0.25) is 0 Å². The molecule has 8 aliphatic rings. The van der Waals surface area contributed by atoms with Crippen LogP contribution in [0.15, 0.2) is 24.5 Å². The van der Waals surface area contributed by atoms with Crippen molar-refractivity contribution < 1.29 is 9.47 Å². The maximum atomic E-state index is 9.33. The molecule has 0 radical (unpaired) electrons. The normalized spacial score (nSPS) is 41.2. The maximum Gasteiger partial charge on any atom is 0.333 e. The van der Waals surface area contributed by atoms with Crippen LogP contribution in [0.25, 0.3) is 4.85 Å². The van der Waals surface area contributed by atoms with E-state index in [4.69, 9.17) is 14.6 Å². The van der Waals surface area contributed by atoms with Gasteiger partial charge in [-0.05, 0) is 240 Å². The van der Waals surface area contributed by atoms with Gasteiger partial charge in [-0.2, -0.15) is 15.5 Å². The van der Waals surface area contributed by atoms with Gasteiger partial charge in [0, 0.05) is 45.3 Å². The first-order valence-corrected chi connectivity index (χ1v) is 28.3. The first-order chi connectivity index (χ1) is 32.2. The summed E-state index contributed by atoms with van der Waals surface area (Å²) in [5.41, 5.74) is 2.37.